The van der Waals surface area contributed by atoms with Crippen LogP contribution in [0, 0.1) is 11.6 Å². The molecule has 2 aromatic rings. The molecule has 23 heavy (non-hydrogen) atoms. The summed E-state index contributed by atoms with van der Waals surface area (Å²) >= 11 is 0. The van der Waals surface area contributed by atoms with Gasteiger partial charge in [0.2, 0.25) is 5.91 Å². The third-order valence-corrected chi connectivity index (χ3v) is 3.33. The maximum absolute atomic E-state index is 13.2. The van der Waals surface area contributed by atoms with Crippen molar-refractivity contribution in [2.45, 2.75) is 25.6 Å². The number of halogens is 2. The van der Waals surface area contributed by atoms with Crippen molar-refractivity contribution in [3.8, 4) is 0 Å². The number of benzene rings is 1. The highest BCUT2D eigenvalue weighted by Gasteiger charge is 2.20. The zero-order valence-electron chi connectivity index (χ0n) is 12.5. The van der Waals surface area contributed by atoms with Crippen molar-refractivity contribution in [3.05, 3.63) is 52.2 Å². The topological polar surface area (TPSA) is 89.2 Å². The molecule has 7 nitrogen and oxygen atoms in total. The molecule has 9 heteroatoms. The van der Waals surface area contributed by atoms with Gasteiger partial charge in [-0.05, 0) is 24.6 Å². The smallest absolute Gasteiger partial charge is 0.345 e. The standard InChI is InChI=1S/C14H16F2N4O3/c1-8(13(22)9-3-4-10(15)11(16)5-9)18-12(21)6-20-14(23)19(2)7-17-20/h3-5,7-8,13,22H,6H2,1-2H3,(H,18,21). The number of carbonyl (C=O) groups is 1. The SMILES string of the molecule is CC(NC(=O)Cn1ncn(C)c1=O)C(O)c1ccc(F)c(F)c1. The summed E-state index contributed by atoms with van der Waals surface area (Å²) < 4.78 is 28.2. The molecule has 2 atom stereocenters. The lowest BCUT2D eigenvalue weighted by Crippen LogP contribution is -2.40. The Bertz CT molecular complexity index is 772. The van der Waals surface area contributed by atoms with Gasteiger partial charge in [-0.25, -0.2) is 18.3 Å². The predicted octanol–water partition coefficient (Wildman–Crippen LogP) is 0.0983. The van der Waals surface area contributed by atoms with Gasteiger partial charge in [-0.3, -0.25) is 9.36 Å². The van der Waals surface area contributed by atoms with Gasteiger partial charge in [0.15, 0.2) is 11.6 Å². The Morgan fingerprint density at radius 2 is 2.09 bits per heavy atom. The molecule has 124 valence electrons. The van der Waals surface area contributed by atoms with Crippen LogP contribution in [0.25, 0.3) is 0 Å². The molecular weight excluding hydrogens is 310 g/mol. The van der Waals surface area contributed by atoms with Crippen molar-refractivity contribution < 1.29 is 18.7 Å². The van der Waals surface area contributed by atoms with E-state index in [0.29, 0.717) is 0 Å². The summed E-state index contributed by atoms with van der Waals surface area (Å²) in [5.41, 5.74) is -0.319. The first-order chi connectivity index (χ1) is 10.8. The van der Waals surface area contributed by atoms with Crippen LogP contribution in [0.1, 0.15) is 18.6 Å². The predicted molar refractivity (Wildman–Crippen MR) is 76.4 cm³/mol. The zero-order chi connectivity index (χ0) is 17.1. The van der Waals surface area contributed by atoms with Crippen LogP contribution in [0.5, 0.6) is 0 Å². The van der Waals surface area contributed by atoms with Crippen molar-refractivity contribution in [1.29, 1.82) is 0 Å². The summed E-state index contributed by atoms with van der Waals surface area (Å²) in [6.45, 7) is 1.19. The van der Waals surface area contributed by atoms with Crippen LogP contribution in [0.15, 0.2) is 29.3 Å². The maximum atomic E-state index is 13.2. The average Bonchev–Trinajstić information content (AvgIpc) is 2.81. The van der Waals surface area contributed by atoms with E-state index in [4.69, 9.17) is 0 Å². The van der Waals surface area contributed by atoms with E-state index in [1.165, 1.54) is 30.9 Å². The van der Waals surface area contributed by atoms with Gasteiger partial charge < -0.3 is 10.4 Å². The van der Waals surface area contributed by atoms with Gasteiger partial charge in [-0.15, -0.1) is 0 Å². The number of aryl methyl sites for hydroxylation is 1. The van der Waals surface area contributed by atoms with E-state index in [0.717, 1.165) is 16.8 Å². The molecule has 2 rings (SSSR count). The molecule has 0 aliphatic carbocycles. The molecule has 0 aliphatic heterocycles. The Balaban J connectivity index is 2.01. The van der Waals surface area contributed by atoms with Crippen molar-refractivity contribution in [3.63, 3.8) is 0 Å². The molecule has 2 N–H and O–H groups in total. The minimum absolute atomic E-state index is 0.131. The Hall–Kier alpha value is -2.55. The van der Waals surface area contributed by atoms with Crippen LogP contribution < -0.4 is 11.0 Å². The molecule has 0 spiro atoms. The Labute approximate surface area is 130 Å². The van der Waals surface area contributed by atoms with Crippen molar-refractivity contribution in [1.82, 2.24) is 19.7 Å². The molecular formula is C14H16F2N4O3. The van der Waals surface area contributed by atoms with Gasteiger partial charge in [-0.2, -0.15) is 5.10 Å². The van der Waals surface area contributed by atoms with Gasteiger partial charge in [0.1, 0.15) is 12.9 Å². The van der Waals surface area contributed by atoms with Gasteiger partial charge >= 0.3 is 5.69 Å². The second kappa shape index (κ2) is 6.69. The third-order valence-electron chi connectivity index (χ3n) is 3.33. The largest absolute Gasteiger partial charge is 0.386 e. The fraction of sp³-hybridized carbons (Fsp3) is 0.357. The lowest BCUT2D eigenvalue weighted by atomic mass is 10.0. The quantitative estimate of drug-likeness (QED) is 0.815. The number of hydrogen-bond donors (Lipinski definition) is 2. The number of nitrogens with zero attached hydrogens (tertiary/aromatic N) is 3. The summed E-state index contributed by atoms with van der Waals surface area (Å²) in [4.78, 5) is 23.4. The highest BCUT2D eigenvalue weighted by molar-refractivity contribution is 5.75. The summed E-state index contributed by atoms with van der Waals surface area (Å²) in [5, 5.41) is 16.3. The van der Waals surface area contributed by atoms with E-state index in [2.05, 4.69) is 10.4 Å². The lowest BCUT2D eigenvalue weighted by molar-refractivity contribution is -0.123. The molecule has 1 heterocycles. The summed E-state index contributed by atoms with van der Waals surface area (Å²) in [5.74, 6) is -2.65. The molecule has 0 bridgehead atoms. The van der Waals surface area contributed by atoms with E-state index in [1.54, 1.807) is 0 Å². The highest BCUT2D eigenvalue weighted by Crippen LogP contribution is 2.19. The van der Waals surface area contributed by atoms with Gasteiger partial charge in [0.25, 0.3) is 0 Å². The Morgan fingerprint density at radius 1 is 1.39 bits per heavy atom. The maximum Gasteiger partial charge on any atom is 0.345 e. The lowest BCUT2D eigenvalue weighted by Gasteiger charge is -2.20. The minimum Gasteiger partial charge on any atom is -0.386 e. The highest BCUT2D eigenvalue weighted by atomic mass is 19.2. The monoisotopic (exact) mass is 326 g/mol. The van der Waals surface area contributed by atoms with Gasteiger partial charge in [0.05, 0.1) is 12.1 Å². The molecule has 1 aromatic carbocycles. The zero-order valence-corrected chi connectivity index (χ0v) is 12.5. The molecule has 0 aliphatic rings. The van der Waals surface area contributed by atoms with Crippen LogP contribution >= 0.6 is 0 Å². The van der Waals surface area contributed by atoms with E-state index in [-0.39, 0.29) is 12.1 Å². The number of amides is 1. The third kappa shape index (κ3) is 3.81. The molecule has 0 radical (unpaired) electrons. The first-order valence-electron chi connectivity index (χ1n) is 6.80. The number of aromatic nitrogens is 3. The molecule has 0 fully saturated rings. The minimum atomic E-state index is -1.23. The van der Waals surface area contributed by atoms with Crippen molar-refractivity contribution in [2.24, 2.45) is 7.05 Å². The molecule has 0 saturated heterocycles. The number of hydrogen-bond acceptors (Lipinski definition) is 4. The van der Waals surface area contributed by atoms with E-state index >= 15 is 0 Å². The summed E-state index contributed by atoms with van der Waals surface area (Å²) in [6, 6.07) is 2.23. The first-order valence-corrected chi connectivity index (χ1v) is 6.80. The molecule has 0 saturated carbocycles. The van der Waals surface area contributed by atoms with Gasteiger partial charge in [-0.1, -0.05) is 6.07 Å². The number of aliphatic hydroxyl groups excluding tert-OH is 1. The fourth-order valence-corrected chi connectivity index (χ4v) is 2.03. The van der Waals surface area contributed by atoms with Crippen LogP contribution in [-0.2, 0) is 18.4 Å². The van der Waals surface area contributed by atoms with Crippen molar-refractivity contribution >= 4 is 5.91 Å². The van der Waals surface area contributed by atoms with Crippen LogP contribution in [0.4, 0.5) is 8.78 Å². The number of rotatable bonds is 5. The molecule has 2 unspecified atom stereocenters. The molecule has 1 amide bonds. The second-order valence-electron chi connectivity index (χ2n) is 5.16. The summed E-state index contributed by atoms with van der Waals surface area (Å²) in [7, 11) is 1.50. The number of aliphatic hydroxyl groups is 1. The van der Waals surface area contributed by atoms with Crippen molar-refractivity contribution in [2.75, 3.05) is 0 Å². The van der Waals surface area contributed by atoms with E-state index in [9.17, 15) is 23.5 Å². The number of nitrogens with one attached hydrogen (secondary N) is 1. The summed E-state index contributed by atoms with van der Waals surface area (Å²) in [6.07, 6.45) is 0.0457. The second-order valence-corrected chi connectivity index (χ2v) is 5.16. The van der Waals surface area contributed by atoms with Gasteiger partial charge in [0, 0.05) is 7.05 Å². The van der Waals surface area contributed by atoms with Crippen LogP contribution in [-0.4, -0.2) is 31.4 Å². The number of carbonyl (C=O) groups excluding carboxylic acids is 1. The molecule has 1 aromatic heterocycles. The Morgan fingerprint density at radius 3 is 2.65 bits per heavy atom. The normalized spacial score (nSPS) is 13.6. The first kappa shape index (κ1) is 16.8. The van der Waals surface area contributed by atoms with Crippen LogP contribution in [0.3, 0.4) is 0 Å². The fourth-order valence-electron chi connectivity index (χ4n) is 2.03. The average molecular weight is 326 g/mol. The van der Waals surface area contributed by atoms with Crippen LogP contribution in [0.2, 0.25) is 0 Å². The van der Waals surface area contributed by atoms with E-state index < -0.39 is 35.4 Å². The van der Waals surface area contributed by atoms with E-state index in [1.807, 2.05) is 0 Å². The Kier molecular flexibility index (Phi) is 4.89.